The largest absolute Gasteiger partial charge is 0.278 e. The second kappa shape index (κ2) is 2.82. The van der Waals surface area contributed by atoms with E-state index >= 15 is 0 Å². The molecule has 0 saturated carbocycles. The van der Waals surface area contributed by atoms with E-state index in [2.05, 4.69) is 22.3 Å². The molecular formula is C9H9N3. The van der Waals surface area contributed by atoms with Crippen LogP contribution in [0.2, 0.25) is 0 Å². The Morgan fingerprint density at radius 2 is 2.33 bits per heavy atom. The molecule has 0 saturated heterocycles. The first kappa shape index (κ1) is 7.11. The molecule has 0 aromatic carbocycles. The fourth-order valence-electron chi connectivity index (χ4n) is 1.36. The van der Waals surface area contributed by atoms with Gasteiger partial charge in [-0.15, -0.1) is 0 Å². The highest BCUT2D eigenvalue weighted by atomic mass is 15.1. The van der Waals surface area contributed by atoms with Crippen LogP contribution in [0.25, 0.3) is 12.2 Å². The van der Waals surface area contributed by atoms with E-state index in [-0.39, 0.29) is 5.92 Å². The Hall–Kier alpha value is -1.56. The van der Waals surface area contributed by atoms with Crippen molar-refractivity contribution in [3.8, 4) is 6.07 Å². The minimum absolute atomic E-state index is 0.130. The molecule has 1 N–H and O–H groups in total. The van der Waals surface area contributed by atoms with E-state index in [0.29, 0.717) is 0 Å². The number of H-pyrrole nitrogens is 1. The number of hydrogen-bond acceptors (Lipinski definition) is 2. The molecule has 0 aliphatic heterocycles. The average Bonchev–Trinajstić information content (AvgIpc) is 2.46. The highest BCUT2D eigenvalue weighted by Crippen LogP contribution is 2.09. The monoisotopic (exact) mass is 159 g/mol. The van der Waals surface area contributed by atoms with Gasteiger partial charge in [0.2, 0.25) is 0 Å². The summed E-state index contributed by atoms with van der Waals surface area (Å²) in [6.07, 6.45) is 7.56. The molecule has 1 aliphatic rings. The maximum atomic E-state index is 8.72. The minimum Gasteiger partial charge on any atom is -0.278 e. The smallest absolute Gasteiger partial charge is 0.0662 e. The van der Waals surface area contributed by atoms with Crippen molar-refractivity contribution in [3.63, 3.8) is 0 Å². The topological polar surface area (TPSA) is 52.5 Å². The zero-order chi connectivity index (χ0) is 8.39. The van der Waals surface area contributed by atoms with Crippen molar-refractivity contribution >= 4 is 12.2 Å². The molecule has 1 aliphatic carbocycles. The SMILES string of the molecule is N#C[C@@H]1CC=c2cn[nH]c2=CC1. The number of nitriles is 1. The molecule has 0 bridgehead atoms. The lowest BCUT2D eigenvalue weighted by Crippen LogP contribution is -2.20. The van der Waals surface area contributed by atoms with Gasteiger partial charge in [0.25, 0.3) is 0 Å². The summed E-state index contributed by atoms with van der Waals surface area (Å²) in [7, 11) is 0. The van der Waals surface area contributed by atoms with Crippen molar-refractivity contribution in [1.82, 2.24) is 10.2 Å². The molecule has 1 atom stereocenters. The summed E-state index contributed by atoms with van der Waals surface area (Å²) in [6.45, 7) is 0. The lowest BCUT2D eigenvalue weighted by Gasteiger charge is -1.97. The molecule has 1 heterocycles. The van der Waals surface area contributed by atoms with Crippen molar-refractivity contribution in [3.05, 3.63) is 16.8 Å². The van der Waals surface area contributed by atoms with Gasteiger partial charge in [-0.3, -0.25) is 5.10 Å². The predicted octanol–water partition coefficient (Wildman–Crippen LogP) is -0.0957. The van der Waals surface area contributed by atoms with Crippen molar-refractivity contribution < 1.29 is 0 Å². The van der Waals surface area contributed by atoms with E-state index in [1.807, 2.05) is 6.08 Å². The van der Waals surface area contributed by atoms with Gasteiger partial charge in [-0.1, -0.05) is 12.2 Å². The van der Waals surface area contributed by atoms with Crippen LogP contribution in [-0.4, -0.2) is 10.2 Å². The fourth-order valence-corrected chi connectivity index (χ4v) is 1.36. The first-order valence-electron chi connectivity index (χ1n) is 3.99. The first-order valence-corrected chi connectivity index (χ1v) is 3.99. The number of hydrogen-bond donors (Lipinski definition) is 1. The highest BCUT2D eigenvalue weighted by Gasteiger charge is 2.05. The Labute approximate surface area is 70.0 Å². The summed E-state index contributed by atoms with van der Waals surface area (Å²) in [4.78, 5) is 0. The summed E-state index contributed by atoms with van der Waals surface area (Å²) in [5.41, 5.74) is 0. The van der Waals surface area contributed by atoms with Crippen LogP contribution in [0.3, 0.4) is 0 Å². The second-order valence-corrected chi connectivity index (χ2v) is 2.94. The van der Waals surface area contributed by atoms with Crippen molar-refractivity contribution in [2.75, 3.05) is 0 Å². The van der Waals surface area contributed by atoms with Gasteiger partial charge < -0.3 is 0 Å². The lowest BCUT2D eigenvalue weighted by molar-refractivity contribution is 0.728. The van der Waals surface area contributed by atoms with Crippen LogP contribution in [0.1, 0.15) is 12.8 Å². The Morgan fingerprint density at radius 1 is 1.50 bits per heavy atom. The van der Waals surface area contributed by atoms with E-state index in [0.717, 1.165) is 23.4 Å². The van der Waals surface area contributed by atoms with Gasteiger partial charge >= 0.3 is 0 Å². The van der Waals surface area contributed by atoms with Gasteiger partial charge in [-0.05, 0) is 12.8 Å². The first-order chi connectivity index (χ1) is 5.90. The Bertz CT molecular complexity index is 389. The third-order valence-corrected chi connectivity index (χ3v) is 2.11. The van der Waals surface area contributed by atoms with Crippen LogP contribution >= 0.6 is 0 Å². The number of aromatic amines is 1. The van der Waals surface area contributed by atoms with E-state index in [4.69, 9.17) is 5.26 Å². The summed E-state index contributed by atoms with van der Waals surface area (Å²) in [6, 6.07) is 2.27. The lowest BCUT2D eigenvalue weighted by atomic mass is 10.0. The molecule has 3 heteroatoms. The molecule has 1 aromatic heterocycles. The molecule has 12 heavy (non-hydrogen) atoms. The Morgan fingerprint density at radius 3 is 3.17 bits per heavy atom. The maximum Gasteiger partial charge on any atom is 0.0662 e. The number of nitrogens with zero attached hydrogens (tertiary/aromatic N) is 2. The van der Waals surface area contributed by atoms with Crippen LogP contribution in [0.4, 0.5) is 0 Å². The van der Waals surface area contributed by atoms with E-state index < -0.39 is 0 Å². The Kier molecular flexibility index (Phi) is 1.67. The summed E-state index contributed by atoms with van der Waals surface area (Å²) in [5, 5.41) is 17.7. The van der Waals surface area contributed by atoms with Crippen LogP contribution in [0, 0.1) is 17.2 Å². The van der Waals surface area contributed by atoms with E-state index in [1.165, 1.54) is 0 Å². The summed E-state index contributed by atoms with van der Waals surface area (Å²) >= 11 is 0. The van der Waals surface area contributed by atoms with Gasteiger partial charge in [0.15, 0.2) is 0 Å². The molecule has 1 aromatic rings. The molecule has 60 valence electrons. The zero-order valence-electron chi connectivity index (χ0n) is 6.62. The highest BCUT2D eigenvalue weighted by molar-refractivity contribution is 5.33. The maximum absolute atomic E-state index is 8.72. The van der Waals surface area contributed by atoms with Gasteiger partial charge in [0.1, 0.15) is 0 Å². The normalized spacial score (nSPS) is 21.1. The average molecular weight is 159 g/mol. The molecule has 2 rings (SSSR count). The number of rotatable bonds is 0. The number of fused-ring (bicyclic) bond motifs is 1. The van der Waals surface area contributed by atoms with E-state index in [1.54, 1.807) is 6.20 Å². The molecule has 0 amide bonds. The van der Waals surface area contributed by atoms with Gasteiger partial charge in [-0.25, -0.2) is 0 Å². The summed E-state index contributed by atoms with van der Waals surface area (Å²) in [5.74, 6) is 0.130. The van der Waals surface area contributed by atoms with Crippen molar-refractivity contribution in [2.24, 2.45) is 5.92 Å². The van der Waals surface area contributed by atoms with Gasteiger partial charge in [0.05, 0.1) is 23.5 Å². The fraction of sp³-hybridized carbons (Fsp3) is 0.333. The Balaban J connectivity index is 2.49. The van der Waals surface area contributed by atoms with Crippen molar-refractivity contribution in [2.45, 2.75) is 12.8 Å². The number of nitrogens with one attached hydrogen (secondary N) is 1. The second-order valence-electron chi connectivity index (χ2n) is 2.94. The quantitative estimate of drug-likeness (QED) is 0.575. The third-order valence-electron chi connectivity index (χ3n) is 2.11. The van der Waals surface area contributed by atoms with Crippen molar-refractivity contribution in [1.29, 1.82) is 5.26 Å². The van der Waals surface area contributed by atoms with E-state index in [9.17, 15) is 0 Å². The third kappa shape index (κ3) is 1.12. The molecule has 0 unspecified atom stereocenters. The molecule has 3 nitrogen and oxygen atoms in total. The molecular weight excluding hydrogens is 150 g/mol. The summed E-state index contributed by atoms with van der Waals surface area (Å²) < 4.78 is 0. The van der Waals surface area contributed by atoms with Crippen LogP contribution in [0.15, 0.2) is 6.20 Å². The van der Waals surface area contributed by atoms with Gasteiger partial charge in [-0.2, -0.15) is 10.4 Å². The predicted molar refractivity (Wildman–Crippen MR) is 45.1 cm³/mol. The molecule has 0 radical (unpaired) electrons. The van der Waals surface area contributed by atoms with Crippen LogP contribution < -0.4 is 10.6 Å². The van der Waals surface area contributed by atoms with Gasteiger partial charge in [0, 0.05) is 5.22 Å². The van der Waals surface area contributed by atoms with Crippen LogP contribution in [0.5, 0.6) is 0 Å². The zero-order valence-corrected chi connectivity index (χ0v) is 6.62. The van der Waals surface area contributed by atoms with Crippen LogP contribution in [-0.2, 0) is 0 Å². The standard InChI is InChI=1S/C9H9N3/c10-5-7-1-3-8-6-11-12-9(8)4-2-7/h3-4,6-7,12H,1-2H2/t7-/m1/s1. The molecule has 0 fully saturated rings. The minimum atomic E-state index is 0.130. The number of aromatic nitrogens is 2. The molecule has 0 spiro atoms.